The molecule has 0 saturated carbocycles. The van der Waals surface area contributed by atoms with Crippen molar-refractivity contribution in [3.8, 4) is 0 Å². The van der Waals surface area contributed by atoms with Crippen molar-refractivity contribution in [2.24, 2.45) is 11.7 Å². The van der Waals surface area contributed by atoms with E-state index in [1.807, 2.05) is 0 Å². The van der Waals surface area contributed by atoms with E-state index < -0.39 is 10.0 Å². The van der Waals surface area contributed by atoms with Gasteiger partial charge in [0.05, 0.1) is 5.02 Å². The normalized spacial score (nSPS) is 22.0. The van der Waals surface area contributed by atoms with Gasteiger partial charge in [0.2, 0.25) is 10.0 Å². The molecule has 1 aromatic carbocycles. The lowest BCUT2D eigenvalue weighted by atomic mass is 10.0. The summed E-state index contributed by atoms with van der Waals surface area (Å²) < 4.78 is 26.4. The van der Waals surface area contributed by atoms with Crippen molar-refractivity contribution in [3.05, 3.63) is 29.3 Å². The Hall–Kier alpha value is -0.620. The van der Waals surface area contributed by atoms with Crippen molar-refractivity contribution in [2.45, 2.75) is 17.7 Å². The average Bonchev–Trinajstić information content (AvgIpc) is 2.39. The second-order valence-electron chi connectivity index (χ2n) is 4.54. The third kappa shape index (κ3) is 2.69. The lowest BCUT2D eigenvalue weighted by molar-refractivity contribution is 0.271. The maximum absolute atomic E-state index is 12.5. The van der Waals surface area contributed by atoms with Crippen LogP contribution >= 0.6 is 11.6 Å². The van der Waals surface area contributed by atoms with Crippen LogP contribution in [0.3, 0.4) is 0 Å². The highest BCUT2D eigenvalue weighted by atomic mass is 35.5. The monoisotopic (exact) mass is 288 g/mol. The molecule has 100 valence electrons. The fourth-order valence-corrected chi connectivity index (χ4v) is 4.28. The van der Waals surface area contributed by atoms with Crippen molar-refractivity contribution >= 4 is 21.6 Å². The molecule has 2 N–H and O–H groups in total. The average molecular weight is 289 g/mol. The van der Waals surface area contributed by atoms with Crippen LogP contribution in [0.2, 0.25) is 5.02 Å². The first kappa shape index (κ1) is 13.8. The molecular weight excluding hydrogens is 272 g/mol. The van der Waals surface area contributed by atoms with Crippen molar-refractivity contribution in [1.82, 2.24) is 4.31 Å². The van der Waals surface area contributed by atoms with Crippen molar-refractivity contribution in [2.75, 3.05) is 19.6 Å². The van der Waals surface area contributed by atoms with E-state index in [2.05, 4.69) is 0 Å². The lowest BCUT2D eigenvalue weighted by Crippen LogP contribution is -2.42. The molecule has 1 heterocycles. The number of nitrogens with two attached hydrogens (primary N) is 1. The number of sulfonamides is 1. The van der Waals surface area contributed by atoms with Crippen LogP contribution in [-0.2, 0) is 10.0 Å². The van der Waals surface area contributed by atoms with Crippen LogP contribution in [0.25, 0.3) is 0 Å². The maximum atomic E-state index is 12.5. The lowest BCUT2D eigenvalue weighted by Gasteiger charge is -2.31. The molecule has 0 aliphatic carbocycles. The van der Waals surface area contributed by atoms with E-state index in [-0.39, 0.29) is 15.8 Å². The van der Waals surface area contributed by atoms with Gasteiger partial charge in [0.1, 0.15) is 4.90 Å². The van der Waals surface area contributed by atoms with E-state index in [0.29, 0.717) is 19.6 Å². The zero-order valence-electron chi connectivity index (χ0n) is 10.0. The van der Waals surface area contributed by atoms with E-state index in [9.17, 15) is 8.42 Å². The molecule has 4 nitrogen and oxygen atoms in total. The third-order valence-electron chi connectivity index (χ3n) is 3.27. The summed E-state index contributed by atoms with van der Waals surface area (Å²) in [6.07, 6.45) is 1.84. The highest BCUT2D eigenvalue weighted by Gasteiger charge is 2.30. The molecule has 0 amide bonds. The van der Waals surface area contributed by atoms with Gasteiger partial charge in [-0.05, 0) is 37.4 Å². The second kappa shape index (κ2) is 5.57. The van der Waals surface area contributed by atoms with Crippen LogP contribution in [0.1, 0.15) is 12.8 Å². The van der Waals surface area contributed by atoms with Gasteiger partial charge in [-0.1, -0.05) is 23.7 Å². The standard InChI is InChI=1S/C12H17ClN2O2S/c13-11-5-1-2-6-12(11)18(16,17)15-7-3-4-10(8-14)9-15/h1-2,5-6,10H,3-4,7-9,14H2. The van der Waals surface area contributed by atoms with Crippen LogP contribution in [0, 0.1) is 5.92 Å². The molecule has 0 aromatic heterocycles. The van der Waals surface area contributed by atoms with Crippen LogP contribution < -0.4 is 5.73 Å². The summed E-state index contributed by atoms with van der Waals surface area (Å²) >= 11 is 5.97. The van der Waals surface area contributed by atoms with Crippen LogP contribution in [0.4, 0.5) is 0 Å². The molecule has 1 unspecified atom stereocenters. The number of rotatable bonds is 3. The highest BCUT2D eigenvalue weighted by molar-refractivity contribution is 7.89. The molecule has 6 heteroatoms. The SMILES string of the molecule is NCC1CCCN(S(=O)(=O)c2ccccc2Cl)C1. The van der Waals surface area contributed by atoms with Gasteiger partial charge in [-0.15, -0.1) is 0 Å². The zero-order valence-corrected chi connectivity index (χ0v) is 11.6. The first-order valence-corrected chi connectivity index (χ1v) is 7.82. The number of hydrogen-bond donors (Lipinski definition) is 1. The molecule has 1 atom stereocenters. The van der Waals surface area contributed by atoms with Gasteiger partial charge in [-0.25, -0.2) is 8.42 Å². The molecular formula is C12H17ClN2O2S. The zero-order chi connectivity index (χ0) is 13.2. The largest absolute Gasteiger partial charge is 0.330 e. The van der Waals surface area contributed by atoms with Gasteiger partial charge < -0.3 is 5.73 Å². The highest BCUT2D eigenvalue weighted by Crippen LogP contribution is 2.27. The summed E-state index contributed by atoms with van der Waals surface area (Å²) in [5, 5.41) is 0.271. The molecule has 1 fully saturated rings. The Morgan fingerprint density at radius 2 is 2.11 bits per heavy atom. The Bertz CT molecular complexity index is 519. The minimum Gasteiger partial charge on any atom is -0.330 e. The molecule has 1 aromatic rings. The first-order chi connectivity index (χ1) is 8.55. The molecule has 1 aliphatic heterocycles. The van der Waals surface area contributed by atoms with Gasteiger partial charge in [0.25, 0.3) is 0 Å². The minimum absolute atomic E-state index is 0.185. The van der Waals surface area contributed by atoms with E-state index in [1.54, 1.807) is 24.3 Å². The van der Waals surface area contributed by atoms with Gasteiger partial charge in [0, 0.05) is 13.1 Å². The minimum atomic E-state index is -3.49. The number of hydrogen-bond acceptors (Lipinski definition) is 3. The molecule has 0 spiro atoms. The fraction of sp³-hybridized carbons (Fsp3) is 0.500. The summed E-state index contributed by atoms with van der Waals surface area (Å²) in [5.74, 6) is 0.246. The quantitative estimate of drug-likeness (QED) is 0.921. The number of piperidine rings is 1. The summed E-state index contributed by atoms with van der Waals surface area (Å²) in [7, 11) is -3.49. The molecule has 0 radical (unpaired) electrons. The molecule has 2 rings (SSSR count). The molecule has 0 bridgehead atoms. The summed E-state index contributed by atoms with van der Waals surface area (Å²) in [6, 6.07) is 6.55. The smallest absolute Gasteiger partial charge is 0.244 e. The summed E-state index contributed by atoms with van der Waals surface area (Å²) in [4.78, 5) is 0.185. The number of nitrogens with zero attached hydrogens (tertiary/aromatic N) is 1. The second-order valence-corrected chi connectivity index (χ2v) is 6.85. The Morgan fingerprint density at radius 1 is 1.39 bits per heavy atom. The van der Waals surface area contributed by atoms with Gasteiger partial charge >= 0.3 is 0 Å². The van der Waals surface area contributed by atoms with Crippen LogP contribution in [0.5, 0.6) is 0 Å². The first-order valence-electron chi connectivity index (χ1n) is 6.00. The van der Waals surface area contributed by atoms with Crippen LogP contribution in [0.15, 0.2) is 29.2 Å². The van der Waals surface area contributed by atoms with Crippen molar-refractivity contribution in [1.29, 1.82) is 0 Å². The van der Waals surface area contributed by atoms with E-state index in [0.717, 1.165) is 12.8 Å². The Balaban J connectivity index is 2.29. The van der Waals surface area contributed by atoms with E-state index in [4.69, 9.17) is 17.3 Å². The Labute approximate surface area is 113 Å². The maximum Gasteiger partial charge on any atom is 0.244 e. The molecule has 1 aliphatic rings. The van der Waals surface area contributed by atoms with Crippen molar-refractivity contribution < 1.29 is 8.42 Å². The van der Waals surface area contributed by atoms with E-state index in [1.165, 1.54) is 4.31 Å². The summed E-state index contributed by atoms with van der Waals surface area (Å²) in [6.45, 7) is 1.56. The molecule has 18 heavy (non-hydrogen) atoms. The van der Waals surface area contributed by atoms with Gasteiger partial charge in [0.15, 0.2) is 0 Å². The fourth-order valence-electron chi connectivity index (χ4n) is 2.23. The van der Waals surface area contributed by atoms with Gasteiger partial charge in [-0.2, -0.15) is 4.31 Å². The summed E-state index contributed by atoms with van der Waals surface area (Å²) in [5.41, 5.74) is 5.63. The van der Waals surface area contributed by atoms with Crippen molar-refractivity contribution in [3.63, 3.8) is 0 Å². The predicted molar refractivity (Wildman–Crippen MR) is 72.0 cm³/mol. The third-order valence-corrected chi connectivity index (χ3v) is 5.63. The number of halogens is 1. The predicted octanol–water partition coefficient (Wildman–Crippen LogP) is 1.70. The Morgan fingerprint density at radius 3 is 2.78 bits per heavy atom. The topological polar surface area (TPSA) is 63.4 Å². The number of benzene rings is 1. The Kier molecular flexibility index (Phi) is 4.27. The van der Waals surface area contributed by atoms with Gasteiger partial charge in [-0.3, -0.25) is 0 Å². The van der Waals surface area contributed by atoms with Crippen LogP contribution in [-0.4, -0.2) is 32.4 Å². The molecule has 1 saturated heterocycles. The van der Waals surface area contributed by atoms with E-state index >= 15 is 0 Å².